The lowest BCUT2D eigenvalue weighted by Gasteiger charge is -2.23. The first-order valence-electron chi connectivity index (χ1n) is 21.4. The molecule has 1 fully saturated rings. The van der Waals surface area contributed by atoms with E-state index in [1.165, 1.54) is 4.57 Å². The zero-order chi connectivity index (χ0) is 46.5. The Morgan fingerprint density at radius 2 is 1.41 bits per heavy atom. The molecule has 1 aromatic heterocycles. The van der Waals surface area contributed by atoms with Crippen LogP contribution in [0.15, 0.2) is 64.5 Å². The molecule has 0 amide bonds. The van der Waals surface area contributed by atoms with Crippen LogP contribution in [-0.4, -0.2) is 69.7 Å². The number of phosphoric acid groups is 1. The molecule has 1 aliphatic heterocycles. The minimum Gasteiger partial charge on any atom is -0.426 e. The molecule has 0 spiro atoms. The van der Waals surface area contributed by atoms with Crippen molar-refractivity contribution in [3.63, 3.8) is 0 Å². The van der Waals surface area contributed by atoms with Gasteiger partial charge in [-0.25, -0.2) is 14.4 Å². The van der Waals surface area contributed by atoms with E-state index in [0.717, 1.165) is 13.1 Å². The molecule has 0 bridgehead atoms. The summed E-state index contributed by atoms with van der Waals surface area (Å²) in [5.41, 5.74) is -0.374. The fourth-order valence-electron chi connectivity index (χ4n) is 5.96. The smallest absolute Gasteiger partial charge is 0.426 e. The lowest BCUT2D eigenvalue weighted by atomic mass is 9.97. The number of hydrogen-bond acceptors (Lipinski definition) is 13. The van der Waals surface area contributed by atoms with Gasteiger partial charge in [0.1, 0.15) is 17.7 Å². The Morgan fingerprint density at radius 3 is 1.86 bits per heavy atom. The van der Waals surface area contributed by atoms with Crippen LogP contribution >= 0.6 is 7.82 Å². The van der Waals surface area contributed by atoms with Gasteiger partial charge in [-0.15, -0.1) is 0 Å². The monoisotopic (exact) mass is 892 g/mol. The second kappa shape index (κ2) is 22.8. The minimum atomic E-state index is -4.24. The van der Waals surface area contributed by atoms with Crippen molar-refractivity contribution < 1.29 is 47.0 Å². The molecule has 4 rings (SSSR count). The summed E-state index contributed by atoms with van der Waals surface area (Å²) >= 11 is 0. The molecular formula is C47H65N4O11P. The number of phosphoric ester groups is 1. The lowest BCUT2D eigenvalue weighted by molar-refractivity contribution is -0.143. The van der Waals surface area contributed by atoms with Gasteiger partial charge in [-0.1, -0.05) is 70.7 Å². The number of esters is 2. The van der Waals surface area contributed by atoms with E-state index in [1.54, 1.807) is 103 Å². The van der Waals surface area contributed by atoms with Gasteiger partial charge in [-0.05, 0) is 95.2 Å². The van der Waals surface area contributed by atoms with Gasteiger partial charge in [0.15, 0.2) is 5.82 Å². The van der Waals surface area contributed by atoms with Crippen LogP contribution in [-0.2, 0) is 45.7 Å². The Kier molecular flexibility index (Phi) is 18.4. The first kappa shape index (κ1) is 51.0. The van der Waals surface area contributed by atoms with Crippen LogP contribution in [0.25, 0.3) is 0 Å². The number of ether oxygens (including phenoxy) is 3. The molecule has 2 aromatic carbocycles. The Labute approximate surface area is 372 Å². The van der Waals surface area contributed by atoms with E-state index < -0.39 is 42.8 Å². The number of aromatic nitrogens is 2. The molecule has 3 unspecified atom stereocenters. The van der Waals surface area contributed by atoms with Crippen LogP contribution in [0.3, 0.4) is 0 Å². The van der Waals surface area contributed by atoms with Crippen LogP contribution in [0.2, 0.25) is 0 Å². The van der Waals surface area contributed by atoms with Gasteiger partial charge in [0, 0.05) is 32.1 Å². The number of hydrogen-bond donors (Lipinski definition) is 1. The molecule has 3 atom stereocenters. The van der Waals surface area contributed by atoms with Gasteiger partial charge in [-0.3, -0.25) is 27.7 Å². The summed E-state index contributed by atoms with van der Waals surface area (Å²) in [5.74, 6) is 6.88. The van der Waals surface area contributed by atoms with Crippen LogP contribution < -0.4 is 15.2 Å². The maximum absolute atomic E-state index is 14.1. The first-order chi connectivity index (χ1) is 29.5. The Morgan fingerprint density at radius 1 is 0.905 bits per heavy atom. The van der Waals surface area contributed by atoms with E-state index in [0.29, 0.717) is 46.4 Å². The number of aliphatic hydroxyl groups excluding tert-OH is 1. The van der Waals surface area contributed by atoms with Gasteiger partial charge in [0.2, 0.25) is 0 Å². The Balaban J connectivity index is 1.55. The van der Waals surface area contributed by atoms with Crippen LogP contribution in [0.1, 0.15) is 118 Å². The highest BCUT2D eigenvalue weighted by molar-refractivity contribution is 7.48. The fraction of sp³-hybridized carbons (Fsp3) is 0.553. The van der Waals surface area contributed by atoms with Crippen molar-refractivity contribution in [1.29, 1.82) is 0 Å². The van der Waals surface area contributed by atoms with Gasteiger partial charge >= 0.3 is 25.5 Å². The second-order valence-electron chi connectivity index (χ2n) is 18.4. The van der Waals surface area contributed by atoms with Crippen molar-refractivity contribution >= 4 is 31.9 Å². The number of nitrogens with zero attached hydrogens (tertiary/aromatic N) is 4. The van der Waals surface area contributed by atoms with E-state index in [2.05, 4.69) is 54.4 Å². The summed E-state index contributed by atoms with van der Waals surface area (Å²) in [6, 6.07) is 13.2. The van der Waals surface area contributed by atoms with Crippen molar-refractivity contribution in [2.75, 3.05) is 19.7 Å². The van der Waals surface area contributed by atoms with Gasteiger partial charge < -0.3 is 24.2 Å². The molecule has 0 radical (unpaired) electrons. The Hall–Kier alpha value is -4.68. The van der Waals surface area contributed by atoms with E-state index in [9.17, 15) is 24.1 Å². The summed E-state index contributed by atoms with van der Waals surface area (Å²) in [6.45, 7) is 22.0. The predicted octanol–water partition coefficient (Wildman–Crippen LogP) is 8.78. The maximum Gasteiger partial charge on any atom is 0.475 e. The topological polar surface area (TPSA) is 177 Å². The molecular weight excluding hydrogens is 828 g/mol. The average Bonchev–Trinajstić information content (AvgIpc) is 3.58. The van der Waals surface area contributed by atoms with Crippen molar-refractivity contribution in [1.82, 2.24) is 14.5 Å². The molecule has 0 aliphatic carbocycles. The molecule has 1 aliphatic rings. The quantitative estimate of drug-likeness (QED) is 0.0230. The van der Waals surface area contributed by atoms with Crippen LogP contribution in [0.5, 0.6) is 11.5 Å². The highest BCUT2D eigenvalue weighted by atomic mass is 31.2. The summed E-state index contributed by atoms with van der Waals surface area (Å²) in [6.07, 6.45) is 2.23. The van der Waals surface area contributed by atoms with Gasteiger partial charge in [-0.2, -0.15) is 4.98 Å². The van der Waals surface area contributed by atoms with Crippen molar-refractivity contribution in [3.8, 4) is 23.3 Å². The molecule has 0 saturated carbocycles. The van der Waals surface area contributed by atoms with Crippen LogP contribution in [0.4, 0.5) is 5.82 Å². The number of benzene rings is 2. The lowest BCUT2D eigenvalue weighted by Crippen LogP contribution is -2.30. The third-order valence-electron chi connectivity index (χ3n) is 9.36. The van der Waals surface area contributed by atoms with E-state index in [1.807, 2.05) is 6.92 Å². The number of aliphatic hydroxyl groups is 1. The number of aliphatic imine (C=N–C) groups is 1. The standard InChI is InChI=1S/C47H65N4O11P/c1-12-40-39(52)25-41(62-40)51-28-36(42(49-45(51)55)48-31-50(26-32(2)3)27-33(4)5)15-13-14-24-57-63(56,58-29-34-16-20-37(21-17-34)60-43(53)46(6,7)8)59-30-35-18-22-38(23-19-35)61-44(54)47(9,10)11/h16-23,28,31-33,39-41,52H,12,14,24-27,29-30H2,1-11H3. The molecule has 16 heteroatoms. The fourth-order valence-corrected chi connectivity index (χ4v) is 7.12. The summed E-state index contributed by atoms with van der Waals surface area (Å²) < 4.78 is 49.8. The third-order valence-corrected chi connectivity index (χ3v) is 10.8. The van der Waals surface area contributed by atoms with Gasteiger partial charge in [0.05, 0.1) is 54.8 Å². The summed E-state index contributed by atoms with van der Waals surface area (Å²) in [7, 11) is -4.24. The maximum atomic E-state index is 14.1. The van der Waals surface area contributed by atoms with Crippen LogP contribution in [0, 0.1) is 34.5 Å². The van der Waals surface area contributed by atoms with Crippen molar-refractivity contribution in [2.45, 2.75) is 127 Å². The highest BCUT2D eigenvalue weighted by Crippen LogP contribution is 2.51. The summed E-state index contributed by atoms with van der Waals surface area (Å²) in [4.78, 5) is 49.0. The normalized spacial score (nSPS) is 17.0. The van der Waals surface area contributed by atoms with E-state index >= 15 is 0 Å². The van der Waals surface area contributed by atoms with Crippen molar-refractivity contribution in [3.05, 3.63) is 81.9 Å². The number of carbonyl (C=O) groups is 2. The summed E-state index contributed by atoms with van der Waals surface area (Å²) in [5, 5.41) is 10.5. The molecule has 3 aromatic rings. The third kappa shape index (κ3) is 16.4. The predicted molar refractivity (Wildman–Crippen MR) is 240 cm³/mol. The molecule has 1 saturated heterocycles. The number of rotatable bonds is 19. The zero-order valence-corrected chi connectivity index (χ0v) is 39.5. The van der Waals surface area contributed by atoms with Crippen molar-refractivity contribution in [2.24, 2.45) is 27.7 Å². The van der Waals surface area contributed by atoms with Gasteiger partial charge in [0.25, 0.3) is 0 Å². The molecule has 63 heavy (non-hydrogen) atoms. The highest BCUT2D eigenvalue weighted by Gasteiger charge is 2.35. The molecule has 2 heterocycles. The average molecular weight is 893 g/mol. The Bertz CT molecular complexity index is 2090. The molecule has 15 nitrogen and oxygen atoms in total. The SMILES string of the molecule is CCC1OC(n2cc(C#CCCOP(=O)(OCc3ccc(OC(=O)C(C)(C)C)cc3)OCc3ccc(OC(=O)C(C)(C)C)cc3)c(N=CN(CC(C)C)CC(C)C)nc2=O)CC1O. The minimum absolute atomic E-state index is 0.0735. The second-order valence-corrected chi connectivity index (χ2v) is 20.1. The van der Waals surface area contributed by atoms with E-state index in [-0.39, 0.29) is 50.4 Å². The number of carbonyl (C=O) groups excluding carboxylic acids is 2. The van der Waals surface area contributed by atoms with E-state index in [4.69, 9.17) is 27.8 Å². The first-order valence-corrected chi connectivity index (χ1v) is 22.9. The zero-order valence-electron chi connectivity index (χ0n) is 38.6. The largest absolute Gasteiger partial charge is 0.475 e. The molecule has 344 valence electrons. The molecule has 1 N–H and O–H groups in total.